The van der Waals surface area contributed by atoms with Crippen LogP contribution in [-0.4, -0.2) is 17.4 Å². The maximum Gasteiger partial charge on any atom is 0.180 e. The van der Waals surface area contributed by atoms with Gasteiger partial charge in [0.1, 0.15) is 0 Å². The summed E-state index contributed by atoms with van der Waals surface area (Å²) in [5, 5.41) is -0.473. The number of halogens is 2. The molecule has 0 spiro atoms. The SMILES string of the molecule is CSc1cc(Br)cc(C(=O)C(C)Cl)c1. The molecule has 1 aromatic rings. The number of Topliss-reactive ketones (excluding diaryl/α,β-unsaturated/α-hetero) is 1. The molecular weight excluding hydrogens is 284 g/mol. The van der Waals surface area contributed by atoms with Crippen molar-refractivity contribution in [1.29, 1.82) is 0 Å². The molecule has 1 rings (SSSR count). The predicted molar refractivity (Wildman–Crippen MR) is 65.6 cm³/mol. The minimum atomic E-state index is -0.473. The van der Waals surface area contributed by atoms with Crippen molar-refractivity contribution in [3.8, 4) is 0 Å². The van der Waals surface area contributed by atoms with Gasteiger partial charge in [0.2, 0.25) is 0 Å². The first-order chi connectivity index (χ1) is 6.54. The van der Waals surface area contributed by atoms with E-state index >= 15 is 0 Å². The van der Waals surface area contributed by atoms with Gasteiger partial charge in [0.15, 0.2) is 5.78 Å². The Labute approximate surface area is 101 Å². The van der Waals surface area contributed by atoms with Crippen molar-refractivity contribution in [2.45, 2.75) is 17.2 Å². The fourth-order valence-corrected chi connectivity index (χ4v) is 2.31. The molecular formula is C10H10BrClOS. The van der Waals surface area contributed by atoms with Crippen molar-refractivity contribution in [2.24, 2.45) is 0 Å². The molecule has 0 amide bonds. The summed E-state index contributed by atoms with van der Waals surface area (Å²) in [5.41, 5.74) is 0.659. The maximum absolute atomic E-state index is 11.6. The fourth-order valence-electron chi connectivity index (χ4n) is 1.05. The number of benzene rings is 1. The molecule has 0 aromatic heterocycles. The van der Waals surface area contributed by atoms with Crippen LogP contribution in [0.2, 0.25) is 0 Å². The Kier molecular flexibility index (Phi) is 4.48. The van der Waals surface area contributed by atoms with Gasteiger partial charge in [-0.15, -0.1) is 23.4 Å². The molecule has 0 N–H and O–H groups in total. The van der Waals surface area contributed by atoms with Gasteiger partial charge in [0.05, 0.1) is 5.38 Å². The highest BCUT2D eigenvalue weighted by Crippen LogP contribution is 2.23. The van der Waals surface area contributed by atoms with E-state index in [2.05, 4.69) is 15.9 Å². The van der Waals surface area contributed by atoms with Gasteiger partial charge < -0.3 is 0 Å². The van der Waals surface area contributed by atoms with Crippen LogP contribution in [0.15, 0.2) is 27.6 Å². The molecule has 1 nitrogen and oxygen atoms in total. The average Bonchev–Trinajstić information content (AvgIpc) is 2.15. The number of hydrogen-bond acceptors (Lipinski definition) is 2. The molecule has 4 heteroatoms. The van der Waals surface area contributed by atoms with Crippen LogP contribution in [0.5, 0.6) is 0 Å². The highest BCUT2D eigenvalue weighted by atomic mass is 79.9. The quantitative estimate of drug-likeness (QED) is 0.476. The molecule has 0 aliphatic rings. The van der Waals surface area contributed by atoms with Gasteiger partial charge in [-0.1, -0.05) is 15.9 Å². The second-order valence-corrected chi connectivity index (χ2v) is 5.31. The minimum absolute atomic E-state index is 0.0386. The summed E-state index contributed by atoms with van der Waals surface area (Å²) in [6, 6.07) is 5.62. The van der Waals surface area contributed by atoms with Crippen LogP contribution < -0.4 is 0 Å². The first-order valence-electron chi connectivity index (χ1n) is 4.07. The van der Waals surface area contributed by atoms with E-state index in [-0.39, 0.29) is 5.78 Å². The minimum Gasteiger partial charge on any atom is -0.293 e. The highest BCUT2D eigenvalue weighted by molar-refractivity contribution is 9.10. The van der Waals surface area contributed by atoms with Crippen LogP contribution in [-0.2, 0) is 0 Å². The molecule has 1 aromatic carbocycles. The summed E-state index contributed by atoms with van der Waals surface area (Å²) in [4.78, 5) is 12.7. The van der Waals surface area contributed by atoms with Gasteiger partial charge in [-0.3, -0.25) is 4.79 Å². The van der Waals surface area contributed by atoms with Crippen molar-refractivity contribution >= 4 is 45.1 Å². The van der Waals surface area contributed by atoms with Crippen molar-refractivity contribution < 1.29 is 4.79 Å². The van der Waals surface area contributed by atoms with E-state index in [1.165, 1.54) is 0 Å². The molecule has 1 atom stereocenters. The van der Waals surface area contributed by atoms with Crippen LogP contribution in [0, 0.1) is 0 Å². The number of thioether (sulfide) groups is 1. The summed E-state index contributed by atoms with van der Waals surface area (Å²) in [6.45, 7) is 1.68. The van der Waals surface area contributed by atoms with Gasteiger partial charge >= 0.3 is 0 Å². The number of hydrogen-bond donors (Lipinski definition) is 0. The van der Waals surface area contributed by atoms with E-state index in [9.17, 15) is 4.79 Å². The standard InChI is InChI=1S/C10H10BrClOS/c1-6(12)10(13)7-3-8(11)5-9(4-7)14-2/h3-6H,1-2H3. The highest BCUT2D eigenvalue weighted by Gasteiger charge is 2.13. The molecule has 0 heterocycles. The third-order valence-corrected chi connectivity index (χ3v) is 3.12. The molecule has 76 valence electrons. The van der Waals surface area contributed by atoms with Gasteiger partial charge in [0.25, 0.3) is 0 Å². The van der Waals surface area contributed by atoms with Crippen LogP contribution in [0.3, 0.4) is 0 Å². The van der Waals surface area contributed by atoms with E-state index in [0.29, 0.717) is 5.56 Å². The normalized spacial score (nSPS) is 12.6. The first kappa shape index (κ1) is 12.1. The van der Waals surface area contributed by atoms with Crippen LogP contribution in [0.4, 0.5) is 0 Å². The average molecular weight is 294 g/mol. The molecule has 0 saturated carbocycles. The first-order valence-corrected chi connectivity index (χ1v) is 6.53. The van der Waals surface area contributed by atoms with E-state index in [1.807, 2.05) is 18.4 Å². The van der Waals surface area contributed by atoms with Crippen molar-refractivity contribution in [2.75, 3.05) is 6.26 Å². The monoisotopic (exact) mass is 292 g/mol. The third kappa shape index (κ3) is 3.01. The Hall–Kier alpha value is 0.01000. The fraction of sp³-hybridized carbons (Fsp3) is 0.300. The number of rotatable bonds is 3. The largest absolute Gasteiger partial charge is 0.293 e. The van der Waals surface area contributed by atoms with Gasteiger partial charge in [-0.2, -0.15) is 0 Å². The van der Waals surface area contributed by atoms with Crippen LogP contribution in [0.1, 0.15) is 17.3 Å². The number of carbonyl (C=O) groups is 1. The van der Waals surface area contributed by atoms with Crippen molar-refractivity contribution in [3.05, 3.63) is 28.2 Å². The lowest BCUT2D eigenvalue weighted by atomic mass is 10.1. The van der Waals surface area contributed by atoms with Gasteiger partial charge in [-0.05, 0) is 31.4 Å². The summed E-state index contributed by atoms with van der Waals surface area (Å²) in [6.07, 6.45) is 1.97. The number of carbonyl (C=O) groups excluding carboxylic acids is 1. The lowest BCUT2D eigenvalue weighted by Crippen LogP contribution is -2.10. The van der Waals surface area contributed by atoms with E-state index < -0.39 is 5.38 Å². The zero-order valence-corrected chi connectivity index (χ0v) is 11.0. The predicted octanol–water partition coefficient (Wildman–Crippen LogP) is 3.98. The van der Waals surface area contributed by atoms with Gasteiger partial charge in [0, 0.05) is 14.9 Å². The smallest absolute Gasteiger partial charge is 0.180 e. The van der Waals surface area contributed by atoms with Crippen LogP contribution >= 0.6 is 39.3 Å². The van der Waals surface area contributed by atoms with E-state index in [0.717, 1.165) is 9.37 Å². The zero-order chi connectivity index (χ0) is 10.7. The Morgan fingerprint density at radius 1 is 1.50 bits per heavy atom. The molecule has 0 fully saturated rings. The second kappa shape index (κ2) is 5.19. The van der Waals surface area contributed by atoms with Gasteiger partial charge in [-0.25, -0.2) is 0 Å². The summed E-state index contributed by atoms with van der Waals surface area (Å²) in [5.74, 6) is -0.0386. The molecule has 0 radical (unpaired) electrons. The van der Waals surface area contributed by atoms with E-state index in [1.54, 1.807) is 24.8 Å². The lowest BCUT2D eigenvalue weighted by molar-refractivity contribution is 0.0991. The molecule has 1 unspecified atom stereocenters. The summed E-state index contributed by atoms with van der Waals surface area (Å²) >= 11 is 10.7. The Bertz CT molecular complexity index is 352. The third-order valence-electron chi connectivity index (χ3n) is 1.75. The Morgan fingerprint density at radius 2 is 2.14 bits per heavy atom. The lowest BCUT2D eigenvalue weighted by Gasteiger charge is -2.05. The number of alkyl halides is 1. The summed E-state index contributed by atoms with van der Waals surface area (Å²) in [7, 11) is 0. The zero-order valence-electron chi connectivity index (χ0n) is 7.88. The molecule has 0 aliphatic heterocycles. The van der Waals surface area contributed by atoms with Crippen molar-refractivity contribution in [1.82, 2.24) is 0 Å². The molecule has 0 bridgehead atoms. The maximum atomic E-state index is 11.6. The summed E-state index contributed by atoms with van der Waals surface area (Å²) < 4.78 is 0.907. The Morgan fingerprint density at radius 3 is 2.64 bits per heavy atom. The van der Waals surface area contributed by atoms with Crippen molar-refractivity contribution in [3.63, 3.8) is 0 Å². The number of ketones is 1. The van der Waals surface area contributed by atoms with E-state index in [4.69, 9.17) is 11.6 Å². The molecule has 0 aliphatic carbocycles. The Balaban J connectivity index is 3.09. The molecule has 0 saturated heterocycles. The van der Waals surface area contributed by atoms with Crippen LogP contribution in [0.25, 0.3) is 0 Å². The molecule has 14 heavy (non-hydrogen) atoms. The topological polar surface area (TPSA) is 17.1 Å². The second-order valence-electron chi connectivity index (χ2n) is 2.86.